The minimum absolute atomic E-state index is 0.197. The highest BCUT2D eigenvalue weighted by Gasteiger charge is 2.27. The van der Waals surface area contributed by atoms with Crippen molar-refractivity contribution in [3.8, 4) is 0 Å². The molecular weight excluding hydrogens is 307 g/mol. The average Bonchev–Trinajstić information content (AvgIpc) is 3.03. The van der Waals surface area contributed by atoms with Gasteiger partial charge >= 0.3 is 0 Å². The highest BCUT2D eigenvalue weighted by atomic mass is 35.5. The molecule has 0 saturated heterocycles. The summed E-state index contributed by atoms with van der Waals surface area (Å²) in [4.78, 5) is 4.14. The van der Waals surface area contributed by atoms with Gasteiger partial charge in [0.1, 0.15) is 0 Å². The van der Waals surface area contributed by atoms with E-state index in [1.807, 2.05) is 30.9 Å². The molecule has 1 fully saturated rings. The molecule has 1 aromatic carbocycles. The van der Waals surface area contributed by atoms with Gasteiger partial charge in [-0.05, 0) is 36.6 Å². The Morgan fingerprint density at radius 3 is 2.90 bits per heavy atom. The van der Waals surface area contributed by atoms with E-state index in [9.17, 15) is 0 Å². The van der Waals surface area contributed by atoms with Crippen LogP contribution < -0.4 is 0 Å². The normalized spacial score (nSPS) is 22.4. The maximum Gasteiger partial charge on any atom is 0.0949 e. The van der Waals surface area contributed by atoms with Crippen LogP contribution in [0.15, 0.2) is 36.9 Å². The van der Waals surface area contributed by atoms with Crippen LogP contribution in [-0.2, 0) is 11.3 Å². The summed E-state index contributed by atoms with van der Waals surface area (Å²) in [5.41, 5.74) is 0.944. The molecule has 0 N–H and O–H groups in total. The first-order chi connectivity index (χ1) is 10.2. The number of hydrogen-bond acceptors (Lipinski definition) is 2. The van der Waals surface area contributed by atoms with E-state index in [0.717, 1.165) is 18.4 Å². The average molecular weight is 325 g/mol. The molecule has 0 unspecified atom stereocenters. The van der Waals surface area contributed by atoms with Gasteiger partial charge in [-0.2, -0.15) is 0 Å². The quantitative estimate of drug-likeness (QED) is 0.800. The first kappa shape index (κ1) is 14.9. The van der Waals surface area contributed by atoms with Crippen LogP contribution >= 0.6 is 23.2 Å². The van der Waals surface area contributed by atoms with Crippen LogP contribution in [0.1, 0.15) is 37.3 Å². The van der Waals surface area contributed by atoms with E-state index >= 15 is 0 Å². The number of nitrogens with zero attached hydrogens (tertiary/aromatic N) is 2. The second-order valence-electron chi connectivity index (χ2n) is 5.45. The number of rotatable bonds is 4. The third-order valence-corrected chi connectivity index (χ3v) is 4.64. The van der Waals surface area contributed by atoms with Crippen molar-refractivity contribution in [1.82, 2.24) is 9.55 Å². The van der Waals surface area contributed by atoms with Crippen LogP contribution in [0.5, 0.6) is 0 Å². The highest BCUT2D eigenvalue weighted by molar-refractivity contribution is 6.33. The second kappa shape index (κ2) is 6.82. The minimum Gasteiger partial charge on any atom is -0.371 e. The summed E-state index contributed by atoms with van der Waals surface area (Å²) in [5, 5.41) is 1.39. The molecule has 0 radical (unpaired) electrons. The fourth-order valence-electron chi connectivity index (χ4n) is 2.93. The van der Waals surface area contributed by atoms with E-state index in [2.05, 4.69) is 9.55 Å². The summed E-state index contributed by atoms with van der Waals surface area (Å²) < 4.78 is 8.31. The smallest absolute Gasteiger partial charge is 0.0949 e. The number of benzene rings is 1. The van der Waals surface area contributed by atoms with Crippen molar-refractivity contribution in [1.29, 1.82) is 0 Å². The van der Waals surface area contributed by atoms with E-state index < -0.39 is 0 Å². The first-order valence-corrected chi connectivity index (χ1v) is 8.02. The van der Waals surface area contributed by atoms with Gasteiger partial charge in [0.2, 0.25) is 0 Å². The topological polar surface area (TPSA) is 27.1 Å². The Morgan fingerprint density at radius 2 is 2.10 bits per heavy atom. The van der Waals surface area contributed by atoms with Gasteiger partial charge in [0, 0.05) is 22.4 Å². The molecule has 1 heterocycles. The molecule has 2 aromatic rings. The van der Waals surface area contributed by atoms with Gasteiger partial charge in [-0.25, -0.2) is 4.98 Å². The molecule has 2 atom stereocenters. The lowest BCUT2D eigenvalue weighted by Gasteiger charge is -2.32. The lowest BCUT2D eigenvalue weighted by Crippen LogP contribution is -2.29. The zero-order chi connectivity index (χ0) is 14.7. The molecule has 1 aliphatic rings. The zero-order valence-electron chi connectivity index (χ0n) is 11.7. The van der Waals surface area contributed by atoms with Crippen molar-refractivity contribution >= 4 is 23.2 Å². The monoisotopic (exact) mass is 324 g/mol. The lowest BCUT2D eigenvalue weighted by atomic mass is 9.92. The molecule has 3 rings (SSSR count). The molecule has 112 valence electrons. The van der Waals surface area contributed by atoms with Gasteiger partial charge in [-0.3, -0.25) is 0 Å². The Kier molecular flexibility index (Phi) is 4.84. The Morgan fingerprint density at radius 1 is 1.24 bits per heavy atom. The predicted octanol–water partition coefficient (Wildman–Crippen LogP) is 4.89. The van der Waals surface area contributed by atoms with E-state index in [0.29, 0.717) is 22.7 Å². The molecule has 1 aliphatic carbocycles. The third-order valence-electron chi connectivity index (χ3n) is 4.04. The summed E-state index contributed by atoms with van der Waals surface area (Å²) in [6.45, 7) is 0.495. The molecule has 0 aliphatic heterocycles. The second-order valence-corrected chi connectivity index (χ2v) is 6.29. The van der Waals surface area contributed by atoms with Crippen LogP contribution in [-0.4, -0.2) is 15.7 Å². The number of ether oxygens (including phenoxy) is 1. The standard InChI is InChI=1S/C16H18Cl2N2O/c17-13-5-6-14(18)12(9-13)10-21-16-4-2-1-3-15(16)20-8-7-19-11-20/h5-9,11,15-16H,1-4,10H2/t15-,16-/m0/s1. The van der Waals surface area contributed by atoms with Crippen molar-refractivity contribution in [2.45, 2.75) is 44.4 Å². The zero-order valence-corrected chi connectivity index (χ0v) is 13.2. The summed E-state index contributed by atoms with van der Waals surface area (Å²) >= 11 is 12.2. The van der Waals surface area contributed by atoms with E-state index in [-0.39, 0.29) is 6.10 Å². The van der Waals surface area contributed by atoms with E-state index in [4.69, 9.17) is 27.9 Å². The van der Waals surface area contributed by atoms with Gasteiger partial charge in [0.25, 0.3) is 0 Å². The Labute approximate surface area is 134 Å². The van der Waals surface area contributed by atoms with Crippen LogP contribution in [0.4, 0.5) is 0 Å². The van der Waals surface area contributed by atoms with E-state index in [1.165, 1.54) is 12.8 Å². The number of hydrogen-bond donors (Lipinski definition) is 0. The first-order valence-electron chi connectivity index (χ1n) is 7.27. The maximum atomic E-state index is 6.20. The number of aromatic nitrogens is 2. The fourth-order valence-corrected chi connectivity index (χ4v) is 3.30. The molecule has 5 heteroatoms. The van der Waals surface area contributed by atoms with Crippen LogP contribution in [0.2, 0.25) is 10.0 Å². The van der Waals surface area contributed by atoms with Gasteiger partial charge in [0.15, 0.2) is 0 Å². The van der Waals surface area contributed by atoms with Crippen molar-refractivity contribution in [3.05, 3.63) is 52.5 Å². The SMILES string of the molecule is Clc1ccc(Cl)c(CO[C@H]2CCCC[C@@H]2n2ccnc2)c1. The fraction of sp³-hybridized carbons (Fsp3) is 0.438. The third kappa shape index (κ3) is 3.60. The highest BCUT2D eigenvalue weighted by Crippen LogP contribution is 2.32. The number of halogens is 2. The lowest BCUT2D eigenvalue weighted by molar-refractivity contribution is -0.0162. The minimum atomic E-state index is 0.197. The molecule has 1 aromatic heterocycles. The van der Waals surface area contributed by atoms with Crippen LogP contribution in [0.25, 0.3) is 0 Å². The van der Waals surface area contributed by atoms with Gasteiger partial charge < -0.3 is 9.30 Å². The molecule has 0 bridgehead atoms. The Bertz CT molecular complexity index is 586. The van der Waals surface area contributed by atoms with Crippen LogP contribution in [0.3, 0.4) is 0 Å². The van der Waals surface area contributed by atoms with Crippen molar-refractivity contribution in [2.75, 3.05) is 0 Å². The van der Waals surface area contributed by atoms with Crippen molar-refractivity contribution in [3.63, 3.8) is 0 Å². The molecule has 21 heavy (non-hydrogen) atoms. The predicted molar refractivity (Wildman–Crippen MR) is 84.8 cm³/mol. The summed E-state index contributed by atoms with van der Waals surface area (Å²) in [6.07, 6.45) is 10.5. The Hall–Kier alpha value is -1.03. The molecular formula is C16H18Cl2N2O. The molecule has 1 saturated carbocycles. The molecule has 0 spiro atoms. The van der Waals surface area contributed by atoms with Crippen molar-refractivity contribution < 1.29 is 4.74 Å². The van der Waals surface area contributed by atoms with Gasteiger partial charge in [0.05, 0.1) is 25.1 Å². The number of imidazole rings is 1. The molecule has 3 nitrogen and oxygen atoms in total. The summed E-state index contributed by atoms with van der Waals surface area (Å²) in [7, 11) is 0. The Balaban J connectivity index is 1.69. The summed E-state index contributed by atoms with van der Waals surface area (Å²) in [6, 6.07) is 5.84. The van der Waals surface area contributed by atoms with Crippen LogP contribution in [0, 0.1) is 0 Å². The van der Waals surface area contributed by atoms with Crippen molar-refractivity contribution in [2.24, 2.45) is 0 Å². The summed E-state index contributed by atoms with van der Waals surface area (Å²) in [5.74, 6) is 0. The maximum absolute atomic E-state index is 6.20. The van der Waals surface area contributed by atoms with E-state index in [1.54, 1.807) is 6.07 Å². The van der Waals surface area contributed by atoms with Gasteiger partial charge in [-0.15, -0.1) is 0 Å². The van der Waals surface area contributed by atoms with Gasteiger partial charge in [-0.1, -0.05) is 36.0 Å². The largest absolute Gasteiger partial charge is 0.371 e. The molecule has 0 amide bonds.